The number of hydrogen-bond acceptors (Lipinski definition) is 2. The molecule has 0 spiro atoms. The van der Waals surface area contributed by atoms with Crippen molar-refractivity contribution in [2.45, 2.75) is 38.3 Å². The first kappa shape index (κ1) is 16.8. The van der Waals surface area contributed by atoms with Crippen molar-refractivity contribution in [3.05, 3.63) is 64.7 Å². The summed E-state index contributed by atoms with van der Waals surface area (Å²) in [4.78, 5) is 14.9. The van der Waals surface area contributed by atoms with Gasteiger partial charge in [-0.25, -0.2) is 0 Å². The maximum atomic E-state index is 12.9. The third kappa shape index (κ3) is 3.73. The summed E-state index contributed by atoms with van der Waals surface area (Å²) < 4.78 is 5.17. The molecule has 2 aromatic carbocycles. The van der Waals surface area contributed by atoms with E-state index >= 15 is 0 Å². The Morgan fingerprint density at radius 3 is 2.46 bits per heavy atom. The number of ether oxygens (including phenoxy) is 1. The third-order valence-corrected chi connectivity index (χ3v) is 4.86. The minimum atomic E-state index is -0.0167. The number of benzene rings is 2. The highest BCUT2D eigenvalue weighted by Gasteiger charge is 2.36. The summed E-state index contributed by atoms with van der Waals surface area (Å²) in [5.74, 6) is 0.949. The van der Waals surface area contributed by atoms with Crippen molar-refractivity contribution in [2.75, 3.05) is 7.11 Å². The highest BCUT2D eigenvalue weighted by atomic mass is 35.5. The molecule has 0 heterocycles. The second-order valence-corrected chi connectivity index (χ2v) is 6.66. The first-order chi connectivity index (χ1) is 11.6. The van der Waals surface area contributed by atoms with Crippen molar-refractivity contribution in [3.63, 3.8) is 0 Å². The molecule has 126 valence electrons. The van der Waals surface area contributed by atoms with Crippen LogP contribution in [0.1, 0.15) is 36.9 Å². The van der Waals surface area contributed by atoms with Gasteiger partial charge in [0.05, 0.1) is 19.6 Å². The summed E-state index contributed by atoms with van der Waals surface area (Å²) in [6.07, 6.45) is 2.54. The van der Waals surface area contributed by atoms with Gasteiger partial charge in [0.15, 0.2) is 0 Å². The maximum Gasteiger partial charge on any atom is 0.227 e. The van der Waals surface area contributed by atoms with E-state index in [1.807, 2.05) is 53.4 Å². The van der Waals surface area contributed by atoms with E-state index in [0.717, 1.165) is 29.7 Å². The minimum absolute atomic E-state index is 0.0167. The van der Waals surface area contributed by atoms with E-state index in [9.17, 15) is 4.79 Å². The summed E-state index contributed by atoms with van der Waals surface area (Å²) >= 11 is 6.33. The molecule has 1 atom stereocenters. The normalized spacial score (nSPS) is 15.0. The molecule has 4 heteroatoms. The zero-order valence-corrected chi connectivity index (χ0v) is 14.8. The van der Waals surface area contributed by atoms with Crippen LogP contribution in [0, 0.1) is 0 Å². The van der Waals surface area contributed by atoms with Crippen LogP contribution in [0.15, 0.2) is 48.5 Å². The summed E-state index contributed by atoms with van der Waals surface area (Å²) in [6.45, 7) is 2.06. The van der Waals surface area contributed by atoms with Crippen LogP contribution in [-0.4, -0.2) is 24.0 Å². The number of carbonyl (C=O) groups is 1. The number of methoxy groups -OCH3 is 1. The first-order valence-electron chi connectivity index (χ1n) is 8.28. The Morgan fingerprint density at radius 2 is 1.88 bits per heavy atom. The number of rotatable bonds is 6. The molecule has 1 amide bonds. The van der Waals surface area contributed by atoms with Crippen molar-refractivity contribution >= 4 is 17.5 Å². The molecule has 0 N–H and O–H groups in total. The lowest BCUT2D eigenvalue weighted by atomic mass is 10.0. The van der Waals surface area contributed by atoms with Gasteiger partial charge in [0, 0.05) is 11.1 Å². The molecule has 1 saturated carbocycles. The van der Waals surface area contributed by atoms with Crippen molar-refractivity contribution < 1.29 is 9.53 Å². The number of amides is 1. The molecular formula is C20H22ClNO2. The molecule has 24 heavy (non-hydrogen) atoms. The Balaban J connectivity index is 1.77. The topological polar surface area (TPSA) is 29.5 Å². The Kier molecular flexibility index (Phi) is 5.10. The van der Waals surface area contributed by atoms with E-state index in [4.69, 9.17) is 16.3 Å². The predicted octanol–water partition coefficient (Wildman–Crippen LogP) is 4.64. The van der Waals surface area contributed by atoms with Crippen molar-refractivity contribution in [1.82, 2.24) is 4.90 Å². The van der Waals surface area contributed by atoms with E-state index in [1.54, 1.807) is 7.11 Å². The molecule has 0 aromatic heterocycles. The number of nitrogens with zero attached hydrogens (tertiary/aromatic N) is 1. The van der Waals surface area contributed by atoms with E-state index < -0.39 is 0 Å². The molecule has 3 rings (SSSR count). The van der Waals surface area contributed by atoms with Gasteiger partial charge < -0.3 is 9.64 Å². The first-order valence-corrected chi connectivity index (χ1v) is 8.66. The summed E-state index contributed by atoms with van der Waals surface area (Å²) in [5, 5.41) is 0.716. The predicted molar refractivity (Wildman–Crippen MR) is 96.4 cm³/mol. The van der Waals surface area contributed by atoms with Crippen molar-refractivity contribution in [2.24, 2.45) is 0 Å². The highest BCUT2D eigenvalue weighted by Crippen LogP contribution is 2.37. The molecule has 1 unspecified atom stereocenters. The second-order valence-electron chi connectivity index (χ2n) is 6.25. The molecule has 1 aliphatic carbocycles. The van der Waals surface area contributed by atoms with Gasteiger partial charge >= 0.3 is 0 Å². The molecule has 1 fully saturated rings. The molecule has 3 nitrogen and oxygen atoms in total. The molecule has 0 bridgehead atoms. The van der Waals surface area contributed by atoms with Crippen LogP contribution in [0.4, 0.5) is 0 Å². The van der Waals surface area contributed by atoms with Crippen LogP contribution < -0.4 is 4.74 Å². The molecule has 1 aliphatic rings. The quantitative estimate of drug-likeness (QED) is 0.764. The largest absolute Gasteiger partial charge is 0.497 e. The van der Waals surface area contributed by atoms with Gasteiger partial charge in [0.1, 0.15) is 5.75 Å². The summed E-state index contributed by atoms with van der Waals surface area (Å²) in [6, 6.07) is 15.8. The van der Waals surface area contributed by atoms with E-state index in [-0.39, 0.29) is 11.9 Å². The lowest BCUT2D eigenvalue weighted by Gasteiger charge is -2.30. The fraction of sp³-hybridized carbons (Fsp3) is 0.350. The van der Waals surface area contributed by atoms with Gasteiger partial charge in [-0.1, -0.05) is 41.9 Å². The Bertz CT molecular complexity index is 710. The van der Waals surface area contributed by atoms with Crippen LogP contribution in [0.25, 0.3) is 0 Å². The Hall–Kier alpha value is -2.00. The molecule has 2 aromatic rings. The van der Waals surface area contributed by atoms with Gasteiger partial charge in [-0.05, 0) is 49.1 Å². The van der Waals surface area contributed by atoms with Gasteiger partial charge in [-0.15, -0.1) is 0 Å². The Morgan fingerprint density at radius 1 is 1.21 bits per heavy atom. The monoisotopic (exact) mass is 343 g/mol. The maximum absolute atomic E-state index is 12.9. The van der Waals surface area contributed by atoms with Gasteiger partial charge in [-0.3, -0.25) is 4.79 Å². The number of hydrogen-bond donors (Lipinski definition) is 0. The molecule has 0 radical (unpaired) electrons. The fourth-order valence-electron chi connectivity index (χ4n) is 3.06. The van der Waals surface area contributed by atoms with E-state index in [2.05, 4.69) is 6.92 Å². The summed E-state index contributed by atoms with van der Waals surface area (Å²) in [7, 11) is 1.64. The smallest absolute Gasteiger partial charge is 0.227 e. The van der Waals surface area contributed by atoms with Crippen LogP contribution in [0.3, 0.4) is 0 Å². The van der Waals surface area contributed by atoms with E-state index in [0.29, 0.717) is 17.5 Å². The minimum Gasteiger partial charge on any atom is -0.497 e. The third-order valence-electron chi connectivity index (χ3n) is 4.52. The standard InChI is InChI=1S/C20H22ClNO2/c1-14(18-5-3-4-6-19(18)21)22(16-9-10-16)20(23)13-15-7-11-17(24-2)12-8-15/h3-8,11-12,14,16H,9-10,13H2,1-2H3. The fourth-order valence-corrected chi connectivity index (χ4v) is 3.36. The highest BCUT2D eigenvalue weighted by molar-refractivity contribution is 6.31. The molecular weight excluding hydrogens is 322 g/mol. The zero-order chi connectivity index (χ0) is 17.1. The molecule has 0 saturated heterocycles. The lowest BCUT2D eigenvalue weighted by Crippen LogP contribution is -2.36. The van der Waals surface area contributed by atoms with Crippen LogP contribution in [0.2, 0.25) is 5.02 Å². The van der Waals surface area contributed by atoms with Crippen LogP contribution in [0.5, 0.6) is 5.75 Å². The van der Waals surface area contributed by atoms with Crippen molar-refractivity contribution in [1.29, 1.82) is 0 Å². The summed E-state index contributed by atoms with van der Waals surface area (Å²) in [5.41, 5.74) is 2.01. The van der Waals surface area contributed by atoms with E-state index in [1.165, 1.54) is 0 Å². The number of halogens is 1. The van der Waals surface area contributed by atoms with Gasteiger partial charge in [0.2, 0.25) is 5.91 Å². The SMILES string of the molecule is COc1ccc(CC(=O)N(C2CC2)C(C)c2ccccc2Cl)cc1. The zero-order valence-electron chi connectivity index (χ0n) is 14.0. The van der Waals surface area contributed by atoms with Crippen LogP contribution >= 0.6 is 11.6 Å². The Labute approximate surface area is 148 Å². The van der Waals surface area contributed by atoms with Crippen LogP contribution in [-0.2, 0) is 11.2 Å². The molecule has 0 aliphatic heterocycles. The lowest BCUT2D eigenvalue weighted by molar-refractivity contribution is -0.133. The van der Waals surface area contributed by atoms with Gasteiger partial charge in [-0.2, -0.15) is 0 Å². The average Bonchev–Trinajstić information content (AvgIpc) is 3.41. The number of carbonyl (C=O) groups excluding carboxylic acids is 1. The average molecular weight is 344 g/mol. The second kappa shape index (κ2) is 7.27. The van der Waals surface area contributed by atoms with Crippen molar-refractivity contribution in [3.8, 4) is 5.75 Å². The van der Waals surface area contributed by atoms with Gasteiger partial charge in [0.25, 0.3) is 0 Å².